The number of piperidine rings is 1. The Labute approximate surface area is 143 Å². The molecular formula is C21H24N2O. The number of hydrogen-bond donors (Lipinski definition) is 1. The molecule has 2 fully saturated rings. The van der Waals surface area contributed by atoms with Crippen molar-refractivity contribution in [2.24, 2.45) is 17.0 Å². The van der Waals surface area contributed by atoms with Gasteiger partial charge in [0.05, 0.1) is 5.71 Å². The van der Waals surface area contributed by atoms with Gasteiger partial charge in [-0.3, -0.25) is 4.90 Å². The van der Waals surface area contributed by atoms with Gasteiger partial charge >= 0.3 is 0 Å². The molecule has 2 bridgehead atoms. The molecule has 1 aliphatic heterocycles. The van der Waals surface area contributed by atoms with Crippen LogP contribution in [0.5, 0.6) is 0 Å². The van der Waals surface area contributed by atoms with Crippen LogP contribution in [0.3, 0.4) is 0 Å². The molecule has 4 unspecified atom stereocenters. The molecule has 4 atom stereocenters. The third-order valence-electron chi connectivity index (χ3n) is 5.83. The maximum atomic E-state index is 9.78. The molecule has 1 saturated heterocycles. The molecule has 0 aromatic heterocycles. The number of hydrogen-bond acceptors (Lipinski definition) is 3. The molecule has 2 aromatic rings. The minimum absolute atomic E-state index is 0.263. The van der Waals surface area contributed by atoms with Gasteiger partial charge in [0, 0.05) is 23.9 Å². The third kappa shape index (κ3) is 2.44. The number of oxime groups is 1. The largest absolute Gasteiger partial charge is 0.411 e. The highest BCUT2D eigenvalue weighted by Crippen LogP contribution is 2.51. The Morgan fingerprint density at radius 3 is 1.71 bits per heavy atom. The third-order valence-corrected chi connectivity index (χ3v) is 5.83. The van der Waals surface area contributed by atoms with Crippen molar-refractivity contribution in [3.8, 4) is 0 Å². The molecule has 3 nitrogen and oxygen atoms in total. The van der Waals surface area contributed by atoms with Crippen molar-refractivity contribution >= 4 is 5.71 Å². The monoisotopic (exact) mass is 320 g/mol. The zero-order valence-electron chi connectivity index (χ0n) is 14.0. The molecule has 1 N–H and O–H groups in total. The van der Waals surface area contributed by atoms with Crippen molar-refractivity contribution in [3.63, 3.8) is 0 Å². The first-order valence-corrected chi connectivity index (χ1v) is 8.85. The minimum Gasteiger partial charge on any atom is -0.411 e. The van der Waals surface area contributed by atoms with Gasteiger partial charge < -0.3 is 5.21 Å². The van der Waals surface area contributed by atoms with Crippen LogP contribution in [0, 0.1) is 11.8 Å². The molecule has 2 aromatic carbocycles. The molecule has 1 saturated carbocycles. The molecule has 1 aliphatic carbocycles. The highest BCUT2D eigenvalue weighted by Gasteiger charge is 2.48. The normalized spacial score (nSPS) is 30.1. The van der Waals surface area contributed by atoms with Gasteiger partial charge in [-0.05, 0) is 31.0 Å². The molecule has 24 heavy (non-hydrogen) atoms. The van der Waals surface area contributed by atoms with E-state index in [4.69, 9.17) is 0 Å². The number of fused-ring (bicyclic) bond motifs is 2. The first-order chi connectivity index (χ1) is 11.8. The number of nitrogens with zero attached hydrogens (tertiary/aromatic N) is 2. The Bertz CT molecular complexity index is 656. The van der Waals surface area contributed by atoms with Gasteiger partial charge in [-0.1, -0.05) is 72.2 Å². The molecule has 0 radical (unpaired) electrons. The van der Waals surface area contributed by atoms with Gasteiger partial charge in [-0.15, -0.1) is 0 Å². The van der Waals surface area contributed by atoms with Crippen molar-refractivity contribution < 1.29 is 5.21 Å². The molecule has 2 aliphatic rings. The molecule has 0 amide bonds. The van der Waals surface area contributed by atoms with E-state index in [0.29, 0.717) is 11.8 Å². The maximum Gasteiger partial charge on any atom is 0.0670 e. The van der Waals surface area contributed by atoms with E-state index in [9.17, 15) is 5.21 Å². The van der Waals surface area contributed by atoms with Crippen molar-refractivity contribution in [2.75, 3.05) is 7.05 Å². The Hall–Kier alpha value is -2.13. The van der Waals surface area contributed by atoms with Crippen LogP contribution in [0.25, 0.3) is 0 Å². The summed E-state index contributed by atoms with van der Waals surface area (Å²) in [6.07, 6.45) is 3.40. The summed E-state index contributed by atoms with van der Waals surface area (Å²) >= 11 is 0. The average molecular weight is 320 g/mol. The van der Waals surface area contributed by atoms with Crippen molar-refractivity contribution in [3.05, 3.63) is 71.8 Å². The second-order valence-electron chi connectivity index (χ2n) is 7.05. The fourth-order valence-corrected chi connectivity index (χ4v) is 4.89. The number of likely N-dealkylation sites (tertiary alicyclic amines) is 1. The lowest BCUT2D eigenvalue weighted by Gasteiger charge is -2.52. The minimum atomic E-state index is 0.263. The number of benzene rings is 2. The van der Waals surface area contributed by atoms with Crippen LogP contribution in [-0.4, -0.2) is 22.9 Å². The quantitative estimate of drug-likeness (QED) is 0.645. The van der Waals surface area contributed by atoms with Crippen LogP contribution in [0.15, 0.2) is 65.8 Å². The molecule has 4 rings (SSSR count). The van der Waals surface area contributed by atoms with Crippen LogP contribution in [-0.2, 0) is 0 Å². The lowest BCUT2D eigenvalue weighted by atomic mass is 9.66. The summed E-state index contributed by atoms with van der Waals surface area (Å²) < 4.78 is 0. The SMILES string of the molecule is CN1C(c2ccccc2)C2CCCC(C2=NO)C1c1ccccc1. The summed E-state index contributed by atoms with van der Waals surface area (Å²) in [5.74, 6) is 0.613. The topological polar surface area (TPSA) is 35.8 Å². The second kappa shape index (κ2) is 6.40. The summed E-state index contributed by atoms with van der Waals surface area (Å²) in [6, 6.07) is 21.9. The summed E-state index contributed by atoms with van der Waals surface area (Å²) in [7, 11) is 2.23. The van der Waals surface area contributed by atoms with Gasteiger partial charge in [0.1, 0.15) is 0 Å². The van der Waals surface area contributed by atoms with E-state index in [1.165, 1.54) is 17.5 Å². The first-order valence-electron chi connectivity index (χ1n) is 8.85. The molecule has 124 valence electrons. The summed E-state index contributed by atoms with van der Waals surface area (Å²) in [4.78, 5) is 2.51. The van der Waals surface area contributed by atoms with Gasteiger partial charge in [0.2, 0.25) is 0 Å². The Morgan fingerprint density at radius 2 is 1.29 bits per heavy atom. The fourth-order valence-electron chi connectivity index (χ4n) is 4.89. The van der Waals surface area contributed by atoms with Crippen molar-refractivity contribution in [1.29, 1.82) is 0 Å². The summed E-state index contributed by atoms with van der Waals surface area (Å²) in [6.45, 7) is 0. The molecular weight excluding hydrogens is 296 g/mol. The predicted octanol–water partition coefficient (Wildman–Crippen LogP) is 4.66. The average Bonchev–Trinajstić information content (AvgIpc) is 2.63. The van der Waals surface area contributed by atoms with Crippen molar-refractivity contribution in [2.45, 2.75) is 31.3 Å². The van der Waals surface area contributed by atoms with Gasteiger partial charge in [0.25, 0.3) is 0 Å². The molecule has 1 heterocycles. The maximum absolute atomic E-state index is 9.78. The van der Waals surface area contributed by atoms with Crippen LogP contribution in [0.4, 0.5) is 0 Å². The lowest BCUT2D eigenvalue weighted by molar-refractivity contribution is 0.0632. The zero-order chi connectivity index (χ0) is 16.5. The van der Waals surface area contributed by atoms with Crippen LogP contribution >= 0.6 is 0 Å². The fraction of sp³-hybridized carbons (Fsp3) is 0.381. The van der Waals surface area contributed by atoms with Gasteiger partial charge in [-0.25, -0.2) is 0 Å². The van der Waals surface area contributed by atoms with E-state index in [1.807, 2.05) is 0 Å². The summed E-state index contributed by atoms with van der Waals surface area (Å²) in [5, 5.41) is 13.6. The molecule has 0 spiro atoms. The van der Waals surface area contributed by atoms with E-state index in [1.54, 1.807) is 0 Å². The van der Waals surface area contributed by atoms with Crippen LogP contribution in [0.1, 0.15) is 42.5 Å². The summed E-state index contributed by atoms with van der Waals surface area (Å²) in [5.41, 5.74) is 3.63. The van der Waals surface area contributed by atoms with Crippen molar-refractivity contribution in [1.82, 2.24) is 4.90 Å². The van der Waals surface area contributed by atoms with Gasteiger partial charge in [0.15, 0.2) is 0 Å². The Balaban J connectivity index is 1.83. The van der Waals surface area contributed by atoms with E-state index >= 15 is 0 Å². The smallest absolute Gasteiger partial charge is 0.0670 e. The van der Waals surface area contributed by atoms with Gasteiger partial charge in [-0.2, -0.15) is 0 Å². The number of rotatable bonds is 2. The lowest BCUT2D eigenvalue weighted by Crippen LogP contribution is -2.51. The van der Waals surface area contributed by atoms with E-state index in [-0.39, 0.29) is 12.1 Å². The first kappa shape index (κ1) is 15.4. The van der Waals surface area contributed by atoms with E-state index in [2.05, 4.69) is 77.8 Å². The highest BCUT2D eigenvalue weighted by atomic mass is 16.4. The Morgan fingerprint density at radius 1 is 0.833 bits per heavy atom. The predicted molar refractivity (Wildman–Crippen MR) is 96.2 cm³/mol. The van der Waals surface area contributed by atoms with Crippen LogP contribution < -0.4 is 0 Å². The van der Waals surface area contributed by atoms with E-state index in [0.717, 1.165) is 18.6 Å². The highest BCUT2D eigenvalue weighted by molar-refractivity contribution is 5.91. The van der Waals surface area contributed by atoms with Crippen LogP contribution in [0.2, 0.25) is 0 Å². The Kier molecular flexibility index (Phi) is 4.11. The standard InChI is InChI=1S/C21H24N2O/c1-23-20(15-9-4-2-5-10-15)17-13-8-14-18(19(17)22-24)21(23)16-11-6-3-7-12-16/h2-7,9-12,17-18,20-21,24H,8,13-14H2,1H3. The molecule has 3 heteroatoms. The van der Waals surface area contributed by atoms with E-state index < -0.39 is 0 Å². The zero-order valence-corrected chi connectivity index (χ0v) is 14.0. The second-order valence-corrected chi connectivity index (χ2v) is 7.05.